The average molecular weight is 284 g/mol. The zero-order valence-electron chi connectivity index (χ0n) is 12.1. The van der Waals surface area contributed by atoms with Gasteiger partial charge in [0.25, 0.3) is 0 Å². The second-order valence-electron chi connectivity index (χ2n) is 5.37. The maximum Gasteiger partial charge on any atom is 0.144 e. The molecule has 110 valence electrons. The fraction of sp³-hybridized carbons (Fsp3) is 0.375. The number of nitrogen functional groups attached to an aromatic ring is 1. The number of aromatic nitrogens is 2. The third-order valence-electron chi connectivity index (χ3n) is 3.78. The van der Waals surface area contributed by atoms with Crippen molar-refractivity contribution in [3.8, 4) is 5.75 Å². The molecule has 21 heavy (non-hydrogen) atoms. The smallest absolute Gasteiger partial charge is 0.144 e. The third kappa shape index (κ3) is 3.49. The van der Waals surface area contributed by atoms with Gasteiger partial charge in [-0.25, -0.2) is 9.97 Å². The molecule has 1 saturated carbocycles. The van der Waals surface area contributed by atoms with Crippen LogP contribution in [-0.4, -0.2) is 17.1 Å². The molecule has 3 N–H and O–H groups in total. The number of nitrogens with one attached hydrogen (secondary N) is 1. The largest absolute Gasteiger partial charge is 0.497 e. The fourth-order valence-electron chi connectivity index (χ4n) is 2.50. The number of methoxy groups -OCH3 is 1. The van der Waals surface area contributed by atoms with E-state index in [2.05, 4.69) is 27.4 Å². The molecule has 1 aromatic carbocycles. The third-order valence-corrected chi connectivity index (χ3v) is 3.78. The molecule has 1 fully saturated rings. The molecule has 1 heterocycles. The van der Waals surface area contributed by atoms with Gasteiger partial charge in [-0.05, 0) is 42.5 Å². The molecule has 1 aliphatic carbocycles. The van der Waals surface area contributed by atoms with Crippen LogP contribution in [0.2, 0.25) is 0 Å². The lowest BCUT2D eigenvalue weighted by atomic mass is 10.0. The number of nitrogens with zero attached hydrogens (tertiary/aromatic N) is 2. The fourth-order valence-corrected chi connectivity index (χ4v) is 2.50. The SMILES string of the molecule is COc1ccc([C@@H](NCc2nccc(N)n2)C2CC2)cc1. The molecular formula is C16H20N4O. The lowest BCUT2D eigenvalue weighted by Crippen LogP contribution is -2.23. The highest BCUT2D eigenvalue weighted by Crippen LogP contribution is 2.41. The maximum atomic E-state index is 5.69. The standard InChI is InChI=1S/C16H20N4O/c1-21-13-6-4-12(5-7-13)16(11-2-3-11)19-10-15-18-9-8-14(17)20-15/h4-9,11,16,19H,2-3,10H2,1H3,(H2,17,18,20)/t16-/m0/s1. The first-order valence-electron chi connectivity index (χ1n) is 7.21. The lowest BCUT2D eigenvalue weighted by molar-refractivity contribution is 0.413. The number of rotatable bonds is 6. The monoisotopic (exact) mass is 284 g/mol. The van der Waals surface area contributed by atoms with Gasteiger partial charge in [-0.2, -0.15) is 0 Å². The van der Waals surface area contributed by atoms with E-state index in [9.17, 15) is 0 Å². The van der Waals surface area contributed by atoms with E-state index in [0.717, 1.165) is 11.6 Å². The van der Waals surface area contributed by atoms with E-state index in [-0.39, 0.29) is 0 Å². The first kappa shape index (κ1) is 13.8. The normalized spacial score (nSPS) is 15.7. The van der Waals surface area contributed by atoms with Crippen molar-refractivity contribution in [1.82, 2.24) is 15.3 Å². The predicted molar refractivity (Wildman–Crippen MR) is 81.7 cm³/mol. The molecule has 0 saturated heterocycles. The molecule has 1 atom stereocenters. The summed E-state index contributed by atoms with van der Waals surface area (Å²) in [4.78, 5) is 8.47. The predicted octanol–water partition coefficient (Wildman–Crippen LogP) is 2.31. The van der Waals surface area contributed by atoms with Gasteiger partial charge in [0, 0.05) is 12.2 Å². The molecule has 0 aliphatic heterocycles. The summed E-state index contributed by atoms with van der Waals surface area (Å²) in [7, 11) is 1.68. The summed E-state index contributed by atoms with van der Waals surface area (Å²) in [5, 5.41) is 3.56. The van der Waals surface area contributed by atoms with Gasteiger partial charge < -0.3 is 15.8 Å². The van der Waals surface area contributed by atoms with Gasteiger partial charge in [-0.15, -0.1) is 0 Å². The van der Waals surface area contributed by atoms with Crippen molar-refractivity contribution < 1.29 is 4.74 Å². The van der Waals surface area contributed by atoms with E-state index >= 15 is 0 Å². The molecule has 0 bridgehead atoms. The van der Waals surface area contributed by atoms with Gasteiger partial charge in [0.15, 0.2) is 0 Å². The Kier molecular flexibility index (Phi) is 4.01. The van der Waals surface area contributed by atoms with E-state index in [4.69, 9.17) is 10.5 Å². The second kappa shape index (κ2) is 6.10. The lowest BCUT2D eigenvalue weighted by Gasteiger charge is -2.18. The molecule has 0 unspecified atom stereocenters. The van der Waals surface area contributed by atoms with Gasteiger partial charge >= 0.3 is 0 Å². The molecule has 3 rings (SSSR count). The second-order valence-corrected chi connectivity index (χ2v) is 5.37. The summed E-state index contributed by atoms with van der Waals surface area (Å²) in [6, 6.07) is 10.3. The van der Waals surface area contributed by atoms with Crippen LogP contribution in [0.25, 0.3) is 0 Å². The topological polar surface area (TPSA) is 73.1 Å². The highest BCUT2D eigenvalue weighted by atomic mass is 16.5. The van der Waals surface area contributed by atoms with Crippen LogP contribution in [-0.2, 0) is 6.54 Å². The first-order valence-corrected chi connectivity index (χ1v) is 7.21. The minimum absolute atomic E-state index is 0.334. The zero-order chi connectivity index (χ0) is 14.7. The highest BCUT2D eigenvalue weighted by Gasteiger charge is 2.32. The Morgan fingerprint density at radius 3 is 2.67 bits per heavy atom. The summed E-state index contributed by atoms with van der Waals surface area (Å²) < 4.78 is 5.21. The molecule has 1 aliphatic rings. The van der Waals surface area contributed by atoms with Gasteiger partial charge in [0.05, 0.1) is 13.7 Å². The van der Waals surface area contributed by atoms with Crippen LogP contribution in [0.5, 0.6) is 5.75 Å². The minimum atomic E-state index is 0.334. The van der Waals surface area contributed by atoms with E-state index in [1.165, 1.54) is 18.4 Å². The van der Waals surface area contributed by atoms with Crippen molar-refractivity contribution in [3.63, 3.8) is 0 Å². The Balaban J connectivity index is 1.69. The molecule has 1 aromatic heterocycles. The Bertz CT molecular complexity index is 595. The van der Waals surface area contributed by atoms with Crippen molar-refractivity contribution in [1.29, 1.82) is 0 Å². The number of ether oxygens (including phenoxy) is 1. The quantitative estimate of drug-likeness (QED) is 0.851. The first-order chi connectivity index (χ1) is 10.3. The van der Waals surface area contributed by atoms with E-state index in [1.807, 2.05) is 12.1 Å². The van der Waals surface area contributed by atoms with Crippen LogP contribution < -0.4 is 15.8 Å². The van der Waals surface area contributed by atoms with Crippen molar-refractivity contribution in [3.05, 3.63) is 47.9 Å². The van der Waals surface area contributed by atoms with Crippen LogP contribution in [0.1, 0.15) is 30.3 Å². The summed E-state index contributed by atoms with van der Waals surface area (Å²) in [6.07, 6.45) is 4.22. The zero-order valence-corrected chi connectivity index (χ0v) is 12.1. The molecule has 0 radical (unpaired) electrons. The van der Waals surface area contributed by atoms with Gasteiger partial charge in [0.2, 0.25) is 0 Å². The maximum absolute atomic E-state index is 5.69. The van der Waals surface area contributed by atoms with Gasteiger partial charge in [-0.1, -0.05) is 12.1 Å². The van der Waals surface area contributed by atoms with Gasteiger partial charge in [0.1, 0.15) is 17.4 Å². The van der Waals surface area contributed by atoms with Crippen LogP contribution in [0.15, 0.2) is 36.5 Å². The van der Waals surface area contributed by atoms with Crippen LogP contribution in [0.3, 0.4) is 0 Å². The summed E-state index contributed by atoms with van der Waals surface area (Å²) in [5.74, 6) is 2.82. The Morgan fingerprint density at radius 2 is 2.05 bits per heavy atom. The molecule has 0 spiro atoms. The highest BCUT2D eigenvalue weighted by molar-refractivity contribution is 5.30. The van der Waals surface area contributed by atoms with E-state index in [0.29, 0.717) is 24.3 Å². The summed E-state index contributed by atoms with van der Waals surface area (Å²) >= 11 is 0. The van der Waals surface area contributed by atoms with Crippen molar-refractivity contribution in [2.75, 3.05) is 12.8 Å². The van der Waals surface area contributed by atoms with Crippen LogP contribution in [0.4, 0.5) is 5.82 Å². The minimum Gasteiger partial charge on any atom is -0.497 e. The number of hydrogen-bond donors (Lipinski definition) is 2. The van der Waals surface area contributed by atoms with Gasteiger partial charge in [-0.3, -0.25) is 0 Å². The number of anilines is 1. The number of hydrogen-bond acceptors (Lipinski definition) is 5. The molecule has 2 aromatic rings. The molecule has 0 amide bonds. The number of nitrogens with two attached hydrogens (primary N) is 1. The average Bonchev–Trinajstić information content (AvgIpc) is 3.33. The summed E-state index contributed by atoms with van der Waals surface area (Å²) in [6.45, 7) is 0.623. The Morgan fingerprint density at radius 1 is 1.29 bits per heavy atom. The number of benzene rings is 1. The van der Waals surface area contributed by atoms with E-state index in [1.54, 1.807) is 19.4 Å². The Labute approximate surface area is 124 Å². The van der Waals surface area contributed by atoms with Crippen molar-refractivity contribution in [2.45, 2.75) is 25.4 Å². The van der Waals surface area contributed by atoms with Crippen LogP contribution >= 0.6 is 0 Å². The molecule has 5 nitrogen and oxygen atoms in total. The van der Waals surface area contributed by atoms with E-state index < -0.39 is 0 Å². The Hall–Kier alpha value is -2.14. The molecular weight excluding hydrogens is 264 g/mol. The summed E-state index contributed by atoms with van der Waals surface area (Å²) in [5.41, 5.74) is 6.97. The molecule has 5 heteroatoms. The van der Waals surface area contributed by atoms with Crippen molar-refractivity contribution in [2.24, 2.45) is 5.92 Å². The van der Waals surface area contributed by atoms with Crippen molar-refractivity contribution >= 4 is 5.82 Å². The van der Waals surface area contributed by atoms with Crippen LogP contribution in [0, 0.1) is 5.92 Å².